The molecule has 0 unspecified atom stereocenters. The van der Waals surface area contributed by atoms with Crippen LogP contribution in [0.25, 0.3) is 0 Å². The Bertz CT molecular complexity index is 23.0. The number of rotatable bonds is 0. The third-order valence-electron chi connectivity index (χ3n) is 0. The van der Waals surface area contributed by atoms with Gasteiger partial charge in [0.2, 0.25) is 0 Å². The van der Waals surface area contributed by atoms with Gasteiger partial charge in [-0.2, -0.15) is 0 Å². The van der Waals surface area contributed by atoms with E-state index >= 15 is 0 Å². The molecule has 2 heteroatoms. The second-order valence-electron chi connectivity index (χ2n) is 2.68. The first-order valence-electron chi connectivity index (χ1n) is 1.79. The van der Waals surface area contributed by atoms with Gasteiger partial charge >= 0.3 is 0 Å². The summed E-state index contributed by atoms with van der Waals surface area (Å²) >= 11 is 0. The molecule has 0 spiro atoms. The first kappa shape index (κ1) is 9.96. The molecule has 0 aliphatic rings. The molecule has 0 rings (SSSR count). The molecule has 0 atom stereocenters. The van der Waals surface area contributed by atoms with Crippen molar-refractivity contribution in [3.63, 3.8) is 0 Å². The fourth-order valence-corrected chi connectivity index (χ4v) is 0. The quantitative estimate of drug-likeness (QED) is 0.454. The van der Waals surface area contributed by atoms with Crippen molar-refractivity contribution in [1.82, 2.24) is 0 Å². The van der Waals surface area contributed by atoms with Gasteiger partial charge in [-0.1, -0.05) is 0 Å². The van der Waals surface area contributed by atoms with Crippen LogP contribution in [0.3, 0.4) is 0 Å². The summed E-state index contributed by atoms with van der Waals surface area (Å²) in [6, 6.07) is 0. The van der Waals surface area contributed by atoms with Crippen LogP contribution in [0.1, 0.15) is 0 Å². The Morgan fingerprint density at radius 1 is 0.833 bits per heavy atom. The smallest absolute Gasteiger partial charge is 0.0675 e. The van der Waals surface area contributed by atoms with E-state index in [1.54, 1.807) is 0 Å². The molecule has 36 valence electrons. The van der Waals surface area contributed by atoms with E-state index in [-0.39, 0.29) is 26.2 Å². The van der Waals surface area contributed by atoms with Gasteiger partial charge in [0.1, 0.15) is 0 Å². The molecule has 1 nitrogen and oxygen atoms in total. The molecule has 0 saturated heterocycles. The zero-order valence-electron chi connectivity index (χ0n) is 4.95. The van der Waals surface area contributed by atoms with E-state index in [4.69, 9.17) is 0 Å². The van der Waals surface area contributed by atoms with Crippen molar-refractivity contribution in [2.75, 3.05) is 28.2 Å². The van der Waals surface area contributed by atoms with Gasteiger partial charge in [0.25, 0.3) is 0 Å². The summed E-state index contributed by atoms with van der Waals surface area (Å²) in [6.45, 7) is 0. The van der Waals surface area contributed by atoms with Crippen LogP contribution in [0.2, 0.25) is 0 Å². The van der Waals surface area contributed by atoms with Gasteiger partial charge in [0.05, 0.1) is 28.2 Å². The maximum absolute atomic E-state index is 2.12. The van der Waals surface area contributed by atoms with Crippen molar-refractivity contribution in [3.8, 4) is 0 Å². The second-order valence-corrected chi connectivity index (χ2v) is 2.68. The average molecular weight is 165 g/mol. The van der Waals surface area contributed by atoms with Gasteiger partial charge in [-0.05, 0) is 0 Å². The summed E-state index contributed by atoms with van der Waals surface area (Å²) in [5, 5.41) is 0. The van der Waals surface area contributed by atoms with Crippen LogP contribution in [0, 0.1) is 0 Å². The molecule has 0 aromatic rings. The Balaban J connectivity index is 0. The van der Waals surface area contributed by atoms with Gasteiger partial charge in [-0.15, -0.1) is 0 Å². The second kappa shape index (κ2) is 2.93. The van der Waals surface area contributed by atoms with Crippen LogP contribution in [0.5, 0.6) is 0 Å². The van der Waals surface area contributed by atoms with Crippen molar-refractivity contribution in [2.45, 2.75) is 0 Å². The van der Waals surface area contributed by atoms with Crippen LogP contribution in [-0.2, 0) is 26.2 Å². The Kier molecular flexibility index (Phi) is 4.86. The molecule has 0 amide bonds. The summed E-state index contributed by atoms with van der Waals surface area (Å²) in [7, 11) is 8.50. The van der Waals surface area contributed by atoms with Crippen molar-refractivity contribution >= 4 is 0 Å². The van der Waals surface area contributed by atoms with Crippen LogP contribution in [-0.4, -0.2) is 32.7 Å². The predicted octanol–water partition coefficient (Wildman–Crippen LogP) is 0.320. The SMILES string of the molecule is C[N+](C)(C)C.[Zr]. The van der Waals surface area contributed by atoms with E-state index in [1.807, 2.05) is 0 Å². The summed E-state index contributed by atoms with van der Waals surface area (Å²) in [4.78, 5) is 0. The Labute approximate surface area is 59.1 Å². The van der Waals surface area contributed by atoms with Gasteiger partial charge in [0, 0.05) is 26.2 Å². The number of hydrogen-bond donors (Lipinski definition) is 0. The molecule has 0 bridgehead atoms. The fraction of sp³-hybridized carbons (Fsp3) is 1.00. The monoisotopic (exact) mass is 164 g/mol. The fourth-order valence-electron chi connectivity index (χ4n) is 0. The topological polar surface area (TPSA) is 0 Å². The van der Waals surface area contributed by atoms with E-state index in [9.17, 15) is 0 Å². The molecule has 0 aromatic carbocycles. The summed E-state index contributed by atoms with van der Waals surface area (Å²) in [6.07, 6.45) is 0. The standard InChI is InChI=1S/C4H12N.Zr/c1-5(2,3)4;/h1-4H3;/q+1;. The van der Waals surface area contributed by atoms with Crippen molar-refractivity contribution in [1.29, 1.82) is 0 Å². The van der Waals surface area contributed by atoms with Crippen LogP contribution >= 0.6 is 0 Å². The molecular formula is C4H12NZr+. The summed E-state index contributed by atoms with van der Waals surface area (Å²) in [5.41, 5.74) is 0. The first-order chi connectivity index (χ1) is 2.00. The molecule has 0 aliphatic heterocycles. The summed E-state index contributed by atoms with van der Waals surface area (Å²) < 4.78 is 1.00. The Morgan fingerprint density at radius 2 is 0.833 bits per heavy atom. The molecule has 0 fully saturated rings. The van der Waals surface area contributed by atoms with Crippen LogP contribution in [0.15, 0.2) is 0 Å². The van der Waals surface area contributed by atoms with Crippen molar-refractivity contribution in [2.24, 2.45) is 0 Å². The van der Waals surface area contributed by atoms with Crippen LogP contribution in [0.4, 0.5) is 0 Å². The molecule has 6 heavy (non-hydrogen) atoms. The predicted molar refractivity (Wildman–Crippen MR) is 24.0 cm³/mol. The van der Waals surface area contributed by atoms with Crippen molar-refractivity contribution < 1.29 is 30.7 Å². The summed E-state index contributed by atoms with van der Waals surface area (Å²) in [5.74, 6) is 0. The van der Waals surface area contributed by atoms with Gasteiger partial charge < -0.3 is 4.48 Å². The third kappa shape index (κ3) is 101. The van der Waals surface area contributed by atoms with E-state index < -0.39 is 0 Å². The largest absolute Gasteiger partial charge is 0.333 e. The zero-order chi connectivity index (χ0) is 4.50. The molecule has 0 heterocycles. The molecular weight excluding hydrogens is 153 g/mol. The van der Waals surface area contributed by atoms with Gasteiger partial charge in [-0.25, -0.2) is 0 Å². The van der Waals surface area contributed by atoms with Crippen LogP contribution < -0.4 is 0 Å². The molecule has 0 saturated carbocycles. The molecule has 0 radical (unpaired) electrons. The Morgan fingerprint density at radius 3 is 0.833 bits per heavy atom. The normalized spacial score (nSPS) is 10.0. The minimum Gasteiger partial charge on any atom is -0.333 e. The number of quaternary nitrogens is 1. The van der Waals surface area contributed by atoms with Gasteiger partial charge in [-0.3, -0.25) is 0 Å². The average Bonchev–Trinajstić information content (AvgIpc) is 0.722. The van der Waals surface area contributed by atoms with Crippen molar-refractivity contribution in [3.05, 3.63) is 0 Å². The van der Waals surface area contributed by atoms with E-state index in [1.165, 1.54) is 0 Å². The third-order valence-corrected chi connectivity index (χ3v) is 0. The first-order valence-corrected chi connectivity index (χ1v) is 1.79. The Hall–Kier alpha value is 0.843. The number of nitrogens with zero attached hydrogens (tertiary/aromatic N) is 1. The maximum Gasteiger partial charge on any atom is 0.0675 e. The number of hydrogen-bond acceptors (Lipinski definition) is 0. The minimum absolute atomic E-state index is 0. The molecule has 0 aliphatic carbocycles. The molecule has 0 aromatic heterocycles. The van der Waals surface area contributed by atoms with E-state index in [2.05, 4.69) is 28.2 Å². The molecule has 0 N–H and O–H groups in total. The zero-order valence-corrected chi connectivity index (χ0v) is 7.41. The van der Waals surface area contributed by atoms with Gasteiger partial charge in [0.15, 0.2) is 0 Å². The maximum atomic E-state index is 2.12. The van der Waals surface area contributed by atoms with E-state index in [0.717, 1.165) is 4.48 Å². The van der Waals surface area contributed by atoms with E-state index in [0.29, 0.717) is 0 Å². The minimum atomic E-state index is 0.